The fourth-order valence-corrected chi connectivity index (χ4v) is 3.73. The third-order valence-corrected chi connectivity index (χ3v) is 5.32. The molecule has 6 nitrogen and oxygen atoms in total. The van der Waals surface area contributed by atoms with Gasteiger partial charge in [0.15, 0.2) is 0 Å². The second kappa shape index (κ2) is 9.15. The summed E-state index contributed by atoms with van der Waals surface area (Å²) >= 11 is 2.15. The van der Waals surface area contributed by atoms with Crippen LogP contribution in [0.25, 0.3) is 11.1 Å². The molecule has 1 heterocycles. The molecule has 4 N–H and O–H groups in total. The quantitative estimate of drug-likeness (QED) is 0.343. The molecule has 3 rings (SSSR count). The average Bonchev–Trinajstić information content (AvgIpc) is 2.73. The zero-order valence-electron chi connectivity index (χ0n) is 15.8. The van der Waals surface area contributed by atoms with Gasteiger partial charge in [0, 0.05) is 34.5 Å². The van der Waals surface area contributed by atoms with Gasteiger partial charge >= 0.3 is 5.97 Å². The Kier molecular flexibility index (Phi) is 6.60. The number of pyridine rings is 1. The zero-order chi connectivity index (χ0) is 21.0. The molecule has 29 heavy (non-hydrogen) atoms. The second-order valence-corrected chi connectivity index (χ2v) is 7.33. The van der Waals surface area contributed by atoms with E-state index in [1.54, 1.807) is 36.7 Å². The Hall–Kier alpha value is -2.78. The third kappa shape index (κ3) is 4.63. The van der Waals surface area contributed by atoms with Gasteiger partial charge in [-0.2, -0.15) is 0 Å². The molecule has 0 unspecified atom stereocenters. The third-order valence-electron chi connectivity index (χ3n) is 4.50. The highest BCUT2D eigenvalue weighted by Gasteiger charge is 2.22. The van der Waals surface area contributed by atoms with Gasteiger partial charge in [0.25, 0.3) is 5.91 Å². The number of hydrogen-bond donors (Lipinski definition) is 3. The van der Waals surface area contributed by atoms with Crippen LogP contribution in [0.5, 0.6) is 0 Å². The Labute approximate surface area is 182 Å². The van der Waals surface area contributed by atoms with E-state index < -0.39 is 5.97 Å². The van der Waals surface area contributed by atoms with Gasteiger partial charge < -0.3 is 16.2 Å². The molecule has 1 amide bonds. The van der Waals surface area contributed by atoms with Gasteiger partial charge in [-0.15, -0.1) is 0 Å². The van der Waals surface area contributed by atoms with E-state index in [9.17, 15) is 14.7 Å². The van der Waals surface area contributed by atoms with Crippen LogP contribution in [0, 0.1) is 6.92 Å². The predicted molar refractivity (Wildman–Crippen MR) is 121 cm³/mol. The Bertz CT molecular complexity index is 1080. The van der Waals surface area contributed by atoms with Crippen molar-refractivity contribution in [2.24, 2.45) is 5.73 Å². The molecular weight excluding hydrogens is 481 g/mol. The first-order valence-electron chi connectivity index (χ1n) is 8.92. The van der Waals surface area contributed by atoms with E-state index in [-0.39, 0.29) is 11.5 Å². The Morgan fingerprint density at radius 1 is 1.17 bits per heavy atom. The minimum absolute atomic E-state index is 0.0508. The number of aromatic carboxylic acids is 1. The second-order valence-electron chi connectivity index (χ2n) is 6.57. The lowest BCUT2D eigenvalue weighted by Crippen LogP contribution is -2.17. The first-order valence-corrected chi connectivity index (χ1v) is 10.4. The van der Waals surface area contributed by atoms with Gasteiger partial charge in [-0.05, 0) is 47.4 Å². The van der Waals surface area contributed by atoms with Gasteiger partial charge in [-0.1, -0.05) is 46.9 Å². The van der Waals surface area contributed by atoms with Gasteiger partial charge in [0.05, 0.1) is 11.3 Å². The molecule has 0 bridgehead atoms. The number of carbonyl (C=O) groups is 2. The summed E-state index contributed by atoms with van der Waals surface area (Å²) in [5, 5.41) is 12.8. The summed E-state index contributed by atoms with van der Waals surface area (Å²) in [5.74, 6) is -1.49. The fourth-order valence-electron chi connectivity index (χ4n) is 3.09. The number of anilines is 1. The molecule has 0 saturated carbocycles. The Balaban J connectivity index is 2.12. The van der Waals surface area contributed by atoms with Crippen molar-refractivity contribution in [1.29, 1.82) is 0 Å². The fraction of sp³-hybridized carbons (Fsp3) is 0.136. The first-order chi connectivity index (χ1) is 13.9. The maximum Gasteiger partial charge on any atom is 0.338 e. The lowest BCUT2D eigenvalue weighted by Gasteiger charge is -2.17. The summed E-state index contributed by atoms with van der Waals surface area (Å²) in [6, 6.07) is 12.4. The number of benzene rings is 2. The number of aromatic nitrogens is 1. The summed E-state index contributed by atoms with van der Waals surface area (Å²) in [6.45, 7) is 2.21. The largest absolute Gasteiger partial charge is 0.478 e. The molecule has 7 heteroatoms. The van der Waals surface area contributed by atoms with E-state index >= 15 is 0 Å². The molecule has 0 aliphatic heterocycles. The van der Waals surface area contributed by atoms with Crippen LogP contribution in [-0.4, -0.2) is 22.0 Å². The normalized spacial score (nSPS) is 10.6. The van der Waals surface area contributed by atoms with Crippen LogP contribution >= 0.6 is 22.6 Å². The van der Waals surface area contributed by atoms with E-state index in [4.69, 9.17) is 5.73 Å². The lowest BCUT2D eigenvalue weighted by molar-refractivity contribution is 0.0698. The van der Waals surface area contributed by atoms with Crippen LogP contribution in [0.15, 0.2) is 54.9 Å². The van der Waals surface area contributed by atoms with E-state index in [1.807, 2.05) is 25.1 Å². The van der Waals surface area contributed by atoms with Gasteiger partial charge in [0.1, 0.15) is 0 Å². The van der Waals surface area contributed by atoms with Crippen LogP contribution < -0.4 is 11.1 Å². The molecule has 0 fully saturated rings. The number of aryl methyl sites for hydroxylation is 1. The first kappa shape index (κ1) is 20.9. The van der Waals surface area contributed by atoms with Crippen molar-refractivity contribution in [3.05, 3.63) is 82.7 Å². The molecule has 0 spiro atoms. The number of halogens is 1. The van der Waals surface area contributed by atoms with Crippen molar-refractivity contribution in [1.82, 2.24) is 4.98 Å². The molecule has 1 aromatic heterocycles. The van der Waals surface area contributed by atoms with Gasteiger partial charge in [-0.25, -0.2) is 4.79 Å². The topological polar surface area (TPSA) is 105 Å². The number of carboxylic acids is 1. The van der Waals surface area contributed by atoms with E-state index in [0.717, 1.165) is 16.7 Å². The highest BCUT2D eigenvalue weighted by molar-refractivity contribution is 14.1. The van der Waals surface area contributed by atoms with Crippen molar-refractivity contribution in [2.75, 3.05) is 5.32 Å². The number of carboxylic acid groups (broad SMARTS) is 1. The molecule has 0 saturated heterocycles. The summed E-state index contributed by atoms with van der Waals surface area (Å²) in [6.07, 6.45) is 3.32. The van der Waals surface area contributed by atoms with Crippen molar-refractivity contribution >= 4 is 40.2 Å². The van der Waals surface area contributed by atoms with Crippen LogP contribution in [0.1, 0.15) is 37.4 Å². The number of amides is 1. The minimum Gasteiger partial charge on any atom is -0.478 e. The summed E-state index contributed by atoms with van der Waals surface area (Å²) in [7, 11) is 0. The van der Waals surface area contributed by atoms with Crippen molar-refractivity contribution in [2.45, 2.75) is 17.9 Å². The molecule has 2 aromatic carbocycles. The molecule has 148 valence electrons. The number of carbonyl (C=O) groups excluding carboxylic acids is 1. The Morgan fingerprint density at radius 3 is 2.62 bits per heavy atom. The summed E-state index contributed by atoms with van der Waals surface area (Å²) in [5.41, 5.74) is 10.1. The lowest BCUT2D eigenvalue weighted by atomic mass is 9.95. The molecule has 0 aliphatic rings. The van der Waals surface area contributed by atoms with Crippen LogP contribution in [0.4, 0.5) is 5.69 Å². The van der Waals surface area contributed by atoms with Gasteiger partial charge in [0.2, 0.25) is 0 Å². The van der Waals surface area contributed by atoms with Crippen molar-refractivity contribution < 1.29 is 14.7 Å². The maximum atomic E-state index is 12.9. The predicted octanol–water partition coefficient (Wildman–Crippen LogP) is 4.40. The highest BCUT2D eigenvalue weighted by Crippen LogP contribution is 2.34. The van der Waals surface area contributed by atoms with Crippen molar-refractivity contribution in [3.8, 4) is 11.1 Å². The average molecular weight is 501 g/mol. The SMILES string of the molecule is Cc1cncc(-c2ccc(CI)c(NC(=O)c3cccc(CN)c3)c2C(=O)O)c1. The number of rotatable bonds is 6. The number of nitrogens with zero attached hydrogens (tertiary/aromatic N) is 1. The smallest absolute Gasteiger partial charge is 0.338 e. The van der Waals surface area contributed by atoms with E-state index in [2.05, 4.69) is 32.9 Å². The molecule has 0 aliphatic carbocycles. The summed E-state index contributed by atoms with van der Waals surface area (Å²) in [4.78, 5) is 29.2. The van der Waals surface area contributed by atoms with Crippen LogP contribution in [-0.2, 0) is 11.0 Å². The van der Waals surface area contributed by atoms with Gasteiger partial charge in [-0.3, -0.25) is 9.78 Å². The number of hydrogen-bond acceptors (Lipinski definition) is 4. The Morgan fingerprint density at radius 2 is 1.97 bits per heavy atom. The molecular formula is C22H20IN3O3. The monoisotopic (exact) mass is 501 g/mol. The highest BCUT2D eigenvalue weighted by atomic mass is 127. The maximum absolute atomic E-state index is 12.9. The number of nitrogens with one attached hydrogen (secondary N) is 1. The summed E-state index contributed by atoms with van der Waals surface area (Å²) < 4.78 is 0.544. The van der Waals surface area contributed by atoms with E-state index in [1.165, 1.54) is 0 Å². The van der Waals surface area contributed by atoms with Crippen molar-refractivity contribution in [3.63, 3.8) is 0 Å². The van der Waals surface area contributed by atoms with E-state index in [0.29, 0.717) is 33.4 Å². The molecule has 0 atom stereocenters. The molecule has 3 aromatic rings. The van der Waals surface area contributed by atoms with Crippen LogP contribution in [0.2, 0.25) is 0 Å². The zero-order valence-corrected chi connectivity index (χ0v) is 17.9. The standard InChI is InChI=1S/C22H20IN3O3/c1-13-7-17(12-25-11-13)18-6-5-16(9-23)20(19(18)22(28)29)26-21(27)15-4-2-3-14(8-15)10-24/h2-8,11-12H,9-10,24H2,1H3,(H,26,27)(H,28,29). The molecule has 0 radical (unpaired) electrons. The number of alkyl halides is 1. The number of nitrogens with two attached hydrogens (primary N) is 1. The minimum atomic E-state index is -1.11. The van der Waals surface area contributed by atoms with Crippen LogP contribution in [0.3, 0.4) is 0 Å².